The average molecular weight is 386 g/mol. The quantitative estimate of drug-likeness (QED) is 0.794. The van der Waals surface area contributed by atoms with Gasteiger partial charge in [-0.2, -0.15) is 16.7 Å². The van der Waals surface area contributed by atoms with Crippen LogP contribution in [0.15, 0.2) is 38.2 Å². The monoisotopic (exact) mass is 385 g/mol. The van der Waals surface area contributed by atoms with Gasteiger partial charge in [0.05, 0.1) is 11.7 Å². The molecule has 0 amide bonds. The lowest BCUT2D eigenvalue weighted by Gasteiger charge is -2.13. The summed E-state index contributed by atoms with van der Waals surface area (Å²) < 4.78 is 6.56. The van der Waals surface area contributed by atoms with Crippen molar-refractivity contribution in [1.29, 1.82) is 0 Å². The minimum Gasteiger partial charge on any atom is -0.339 e. The number of aromatic nitrogens is 2. The van der Waals surface area contributed by atoms with E-state index in [2.05, 4.69) is 37.5 Å². The van der Waals surface area contributed by atoms with E-state index in [1.54, 1.807) is 11.8 Å². The number of thioether (sulfide) groups is 2. The zero-order valence-corrected chi connectivity index (χ0v) is 14.8. The van der Waals surface area contributed by atoms with Crippen LogP contribution in [0.3, 0.4) is 0 Å². The second kappa shape index (κ2) is 7.17. The predicted molar refractivity (Wildman–Crippen MR) is 90.9 cm³/mol. The molecule has 7 heteroatoms. The normalized spacial score (nSPS) is 21.8. The molecule has 0 bridgehead atoms. The van der Waals surface area contributed by atoms with Crippen LogP contribution in [0.1, 0.15) is 17.6 Å². The van der Waals surface area contributed by atoms with Gasteiger partial charge in [-0.05, 0) is 35.1 Å². The van der Waals surface area contributed by atoms with Crippen LogP contribution < -0.4 is 5.32 Å². The maximum absolute atomic E-state index is 5.46. The van der Waals surface area contributed by atoms with Gasteiger partial charge in [0.2, 0.25) is 5.89 Å². The zero-order valence-electron chi connectivity index (χ0n) is 11.6. The molecular weight excluding hydrogens is 370 g/mol. The number of nitrogens with one attached hydrogen (secondary N) is 1. The number of likely N-dealkylation sites (N-methyl/N-ethyl adjacent to an activating group) is 1. The molecule has 1 aromatic heterocycles. The molecule has 112 valence electrons. The highest BCUT2D eigenvalue weighted by Crippen LogP contribution is 2.33. The van der Waals surface area contributed by atoms with E-state index in [1.807, 2.05) is 37.0 Å². The highest BCUT2D eigenvalue weighted by atomic mass is 79.9. The Morgan fingerprint density at radius 3 is 3.10 bits per heavy atom. The Labute approximate surface area is 141 Å². The van der Waals surface area contributed by atoms with Gasteiger partial charge in [-0.25, -0.2) is 0 Å². The summed E-state index contributed by atoms with van der Waals surface area (Å²) in [5, 5.41) is 7.44. The van der Waals surface area contributed by atoms with Crippen LogP contribution in [0.5, 0.6) is 0 Å². The van der Waals surface area contributed by atoms with Crippen molar-refractivity contribution >= 4 is 39.5 Å². The predicted octanol–water partition coefficient (Wildman–Crippen LogP) is 3.54. The second-order valence-electron chi connectivity index (χ2n) is 4.81. The molecule has 1 saturated heterocycles. The summed E-state index contributed by atoms with van der Waals surface area (Å²) in [4.78, 5) is 5.76. The number of nitrogens with zero attached hydrogens (tertiary/aromatic N) is 2. The Bertz CT molecular complexity index is 607. The van der Waals surface area contributed by atoms with Crippen LogP contribution in [0.4, 0.5) is 0 Å². The SMILES string of the molecule is CNC1CSCC1c1nc(CSc2ccccc2Br)no1. The minimum atomic E-state index is 0.328. The summed E-state index contributed by atoms with van der Waals surface area (Å²) >= 11 is 7.19. The molecule has 0 saturated carbocycles. The number of benzene rings is 1. The van der Waals surface area contributed by atoms with E-state index < -0.39 is 0 Å². The van der Waals surface area contributed by atoms with Crippen LogP contribution in [0.2, 0.25) is 0 Å². The van der Waals surface area contributed by atoms with Gasteiger partial charge in [0.15, 0.2) is 5.82 Å². The lowest BCUT2D eigenvalue weighted by molar-refractivity contribution is 0.341. The first-order valence-corrected chi connectivity index (χ1v) is 9.66. The Morgan fingerprint density at radius 2 is 2.29 bits per heavy atom. The van der Waals surface area contributed by atoms with E-state index in [1.165, 1.54) is 4.90 Å². The van der Waals surface area contributed by atoms with Gasteiger partial charge in [0, 0.05) is 26.9 Å². The number of hydrogen-bond acceptors (Lipinski definition) is 6. The molecule has 1 aromatic carbocycles. The first-order chi connectivity index (χ1) is 10.3. The molecule has 2 atom stereocenters. The summed E-state index contributed by atoms with van der Waals surface area (Å²) in [6.07, 6.45) is 0. The van der Waals surface area contributed by atoms with Crippen molar-refractivity contribution in [2.45, 2.75) is 22.6 Å². The smallest absolute Gasteiger partial charge is 0.232 e. The third kappa shape index (κ3) is 3.64. The summed E-state index contributed by atoms with van der Waals surface area (Å²) in [6.45, 7) is 0. The summed E-state index contributed by atoms with van der Waals surface area (Å²) in [7, 11) is 1.99. The van der Waals surface area contributed by atoms with Crippen molar-refractivity contribution in [3.8, 4) is 0 Å². The average Bonchev–Trinajstić information content (AvgIpc) is 3.14. The molecule has 21 heavy (non-hydrogen) atoms. The van der Waals surface area contributed by atoms with Crippen LogP contribution in [-0.4, -0.2) is 34.7 Å². The van der Waals surface area contributed by atoms with Gasteiger partial charge < -0.3 is 9.84 Å². The molecule has 2 aromatic rings. The van der Waals surface area contributed by atoms with Gasteiger partial charge in [0.1, 0.15) is 0 Å². The van der Waals surface area contributed by atoms with E-state index in [0.29, 0.717) is 12.0 Å². The Balaban J connectivity index is 1.64. The van der Waals surface area contributed by atoms with Gasteiger partial charge in [-0.3, -0.25) is 0 Å². The molecule has 1 fully saturated rings. The van der Waals surface area contributed by atoms with Crippen LogP contribution in [0.25, 0.3) is 0 Å². The first-order valence-electron chi connectivity index (χ1n) is 6.72. The Kier molecular flexibility index (Phi) is 5.26. The second-order valence-corrected chi connectivity index (χ2v) is 7.75. The maximum Gasteiger partial charge on any atom is 0.232 e. The van der Waals surface area contributed by atoms with Crippen molar-refractivity contribution in [1.82, 2.24) is 15.5 Å². The van der Waals surface area contributed by atoms with Gasteiger partial charge in [0.25, 0.3) is 0 Å². The molecule has 2 heterocycles. The summed E-state index contributed by atoms with van der Waals surface area (Å²) in [5.41, 5.74) is 0. The molecule has 0 aliphatic carbocycles. The molecule has 3 rings (SSSR count). The fourth-order valence-corrected chi connectivity index (χ4v) is 5.09. The highest BCUT2D eigenvalue weighted by Gasteiger charge is 2.32. The minimum absolute atomic E-state index is 0.328. The topological polar surface area (TPSA) is 51.0 Å². The molecule has 4 nitrogen and oxygen atoms in total. The molecule has 1 aliphatic rings. The van der Waals surface area contributed by atoms with E-state index >= 15 is 0 Å². The van der Waals surface area contributed by atoms with Crippen molar-refractivity contribution in [2.75, 3.05) is 18.6 Å². The lowest BCUT2D eigenvalue weighted by atomic mass is 10.0. The fraction of sp³-hybridized carbons (Fsp3) is 0.429. The van der Waals surface area contributed by atoms with Crippen molar-refractivity contribution in [3.05, 3.63) is 40.5 Å². The van der Waals surface area contributed by atoms with Crippen molar-refractivity contribution < 1.29 is 4.52 Å². The molecule has 0 radical (unpaired) electrons. The van der Waals surface area contributed by atoms with Crippen LogP contribution in [0, 0.1) is 0 Å². The van der Waals surface area contributed by atoms with Gasteiger partial charge in [-0.1, -0.05) is 17.3 Å². The Hall–Kier alpha value is -0.500. The number of halogens is 1. The highest BCUT2D eigenvalue weighted by molar-refractivity contribution is 9.10. The molecule has 2 unspecified atom stereocenters. The molecule has 1 N–H and O–H groups in total. The largest absolute Gasteiger partial charge is 0.339 e. The third-order valence-electron chi connectivity index (χ3n) is 3.45. The summed E-state index contributed by atoms with van der Waals surface area (Å²) in [5.74, 6) is 4.72. The zero-order chi connectivity index (χ0) is 14.7. The number of hydrogen-bond donors (Lipinski definition) is 1. The van der Waals surface area contributed by atoms with E-state index in [0.717, 1.165) is 33.4 Å². The van der Waals surface area contributed by atoms with Crippen LogP contribution >= 0.6 is 39.5 Å². The lowest BCUT2D eigenvalue weighted by Crippen LogP contribution is -2.31. The van der Waals surface area contributed by atoms with E-state index in [-0.39, 0.29) is 0 Å². The molecule has 1 aliphatic heterocycles. The standard InChI is InChI=1S/C14H16BrN3OS2/c1-16-11-7-20-6-9(11)14-17-13(18-19-14)8-21-12-5-3-2-4-10(12)15/h2-5,9,11,16H,6-8H2,1H3. The van der Waals surface area contributed by atoms with E-state index in [4.69, 9.17) is 4.52 Å². The maximum atomic E-state index is 5.46. The summed E-state index contributed by atoms with van der Waals surface area (Å²) in [6, 6.07) is 8.59. The first kappa shape index (κ1) is 15.4. The molecule has 0 spiro atoms. The van der Waals surface area contributed by atoms with Crippen molar-refractivity contribution in [3.63, 3.8) is 0 Å². The van der Waals surface area contributed by atoms with Crippen LogP contribution in [-0.2, 0) is 5.75 Å². The van der Waals surface area contributed by atoms with Crippen molar-refractivity contribution in [2.24, 2.45) is 0 Å². The Morgan fingerprint density at radius 1 is 1.43 bits per heavy atom. The molecular formula is C14H16BrN3OS2. The van der Waals surface area contributed by atoms with E-state index in [9.17, 15) is 0 Å². The number of rotatable bonds is 5. The van der Waals surface area contributed by atoms with Gasteiger partial charge >= 0.3 is 0 Å². The fourth-order valence-electron chi connectivity index (χ4n) is 2.26. The third-order valence-corrected chi connectivity index (χ3v) is 6.66. The van der Waals surface area contributed by atoms with Gasteiger partial charge in [-0.15, -0.1) is 11.8 Å².